The van der Waals surface area contributed by atoms with Crippen LogP contribution in [0.4, 0.5) is 26.3 Å². The standard InChI is InChI=1S/C12H15F6NO5S2/c1-6(2)9(20)19-8-5-3-4-7(8)10(25(21,22)11(13,14)15)26(23,24)12(16,17)18/h7-8,10H,1,3-5H2,2H3,(H,19,20). The van der Waals surface area contributed by atoms with Gasteiger partial charge in [-0.2, -0.15) is 26.3 Å². The molecule has 0 spiro atoms. The van der Waals surface area contributed by atoms with E-state index < -0.39 is 59.6 Å². The first-order chi connectivity index (χ1) is 11.4. The number of alkyl halides is 6. The van der Waals surface area contributed by atoms with Gasteiger partial charge in [-0.1, -0.05) is 13.0 Å². The Morgan fingerprint density at radius 2 is 1.42 bits per heavy atom. The molecule has 1 amide bonds. The summed E-state index contributed by atoms with van der Waals surface area (Å²) in [4.78, 5) is 11.6. The molecule has 1 fully saturated rings. The molecular weight excluding hydrogens is 416 g/mol. The van der Waals surface area contributed by atoms with Crippen molar-refractivity contribution in [2.45, 2.75) is 47.8 Å². The van der Waals surface area contributed by atoms with Crippen molar-refractivity contribution in [3.05, 3.63) is 12.2 Å². The van der Waals surface area contributed by atoms with Crippen molar-refractivity contribution in [1.29, 1.82) is 0 Å². The van der Waals surface area contributed by atoms with Gasteiger partial charge < -0.3 is 5.32 Å². The van der Waals surface area contributed by atoms with E-state index in [1.165, 1.54) is 6.92 Å². The molecule has 14 heteroatoms. The summed E-state index contributed by atoms with van der Waals surface area (Å²) < 4.78 is 120. The minimum atomic E-state index is -6.73. The van der Waals surface area contributed by atoms with Crippen molar-refractivity contribution in [2.75, 3.05) is 0 Å². The lowest BCUT2D eigenvalue weighted by Crippen LogP contribution is -2.53. The normalized spacial score (nSPS) is 22.5. The first-order valence-corrected chi connectivity index (χ1v) is 10.1. The molecule has 0 heterocycles. The van der Waals surface area contributed by atoms with Crippen LogP contribution in [-0.4, -0.2) is 44.4 Å². The average molecular weight is 431 g/mol. The molecule has 0 radical (unpaired) electrons. The lowest BCUT2D eigenvalue weighted by molar-refractivity contribution is -0.118. The highest BCUT2D eigenvalue weighted by Gasteiger charge is 2.66. The number of hydrogen-bond acceptors (Lipinski definition) is 5. The maximum atomic E-state index is 12.9. The van der Waals surface area contributed by atoms with Crippen molar-refractivity contribution < 1.29 is 48.0 Å². The van der Waals surface area contributed by atoms with E-state index in [1.54, 1.807) is 0 Å². The van der Waals surface area contributed by atoms with Crippen LogP contribution >= 0.6 is 0 Å². The van der Waals surface area contributed by atoms with E-state index in [1.807, 2.05) is 0 Å². The van der Waals surface area contributed by atoms with E-state index in [4.69, 9.17) is 0 Å². The van der Waals surface area contributed by atoms with E-state index in [9.17, 15) is 48.0 Å². The first kappa shape index (κ1) is 22.7. The molecule has 2 atom stereocenters. The van der Waals surface area contributed by atoms with Crippen LogP contribution in [0.5, 0.6) is 0 Å². The Bertz CT molecular complexity index is 740. The van der Waals surface area contributed by atoms with Gasteiger partial charge in [0.15, 0.2) is 4.58 Å². The molecule has 0 aromatic heterocycles. The number of carbonyl (C=O) groups excluding carboxylic acids is 1. The van der Waals surface area contributed by atoms with Crippen molar-refractivity contribution in [1.82, 2.24) is 5.32 Å². The smallest absolute Gasteiger partial charge is 0.349 e. The summed E-state index contributed by atoms with van der Waals surface area (Å²) in [5.74, 6) is -3.05. The molecule has 0 aromatic carbocycles. The first-order valence-electron chi connectivity index (χ1n) is 7.01. The molecular formula is C12H15F6NO5S2. The number of rotatable bonds is 5. The van der Waals surface area contributed by atoms with Gasteiger partial charge in [-0.3, -0.25) is 4.79 Å². The molecule has 0 aliphatic heterocycles. The van der Waals surface area contributed by atoms with Crippen LogP contribution in [0.3, 0.4) is 0 Å². The molecule has 0 aromatic rings. The van der Waals surface area contributed by atoms with Crippen molar-refractivity contribution >= 4 is 25.6 Å². The summed E-state index contributed by atoms with van der Waals surface area (Å²) in [6.07, 6.45) is -0.805. The van der Waals surface area contributed by atoms with Crippen LogP contribution in [0, 0.1) is 5.92 Å². The van der Waals surface area contributed by atoms with E-state index in [-0.39, 0.29) is 18.4 Å². The largest absolute Gasteiger partial charge is 0.498 e. The fourth-order valence-corrected chi connectivity index (χ4v) is 6.76. The summed E-state index contributed by atoms with van der Waals surface area (Å²) >= 11 is 0. The van der Waals surface area contributed by atoms with Gasteiger partial charge in [-0.25, -0.2) is 16.8 Å². The molecule has 1 N–H and O–H groups in total. The summed E-state index contributed by atoms with van der Waals surface area (Å²) in [5.41, 5.74) is -12.6. The molecule has 1 saturated carbocycles. The van der Waals surface area contributed by atoms with Gasteiger partial charge in [-0.05, 0) is 19.8 Å². The van der Waals surface area contributed by atoms with Crippen LogP contribution in [0.25, 0.3) is 0 Å². The summed E-state index contributed by atoms with van der Waals surface area (Å²) in [6, 6.07) is -1.50. The molecule has 26 heavy (non-hydrogen) atoms. The number of amides is 1. The highest BCUT2D eigenvalue weighted by atomic mass is 32.3. The Morgan fingerprint density at radius 3 is 1.77 bits per heavy atom. The van der Waals surface area contributed by atoms with Crippen LogP contribution in [0.15, 0.2) is 12.2 Å². The Morgan fingerprint density at radius 1 is 1.00 bits per heavy atom. The maximum absolute atomic E-state index is 12.9. The maximum Gasteiger partial charge on any atom is 0.498 e. The molecule has 1 aliphatic rings. The third-order valence-corrected chi connectivity index (χ3v) is 8.61. The fraction of sp³-hybridized carbons (Fsp3) is 0.750. The summed E-state index contributed by atoms with van der Waals surface area (Å²) in [5, 5.41) is 2.05. The number of carbonyl (C=O) groups is 1. The summed E-state index contributed by atoms with van der Waals surface area (Å²) in [6.45, 7) is 4.44. The minimum absolute atomic E-state index is 0.0664. The topological polar surface area (TPSA) is 97.4 Å². The predicted octanol–water partition coefficient (Wildman–Crippen LogP) is 2.04. The van der Waals surface area contributed by atoms with E-state index in [0.717, 1.165) is 0 Å². The predicted molar refractivity (Wildman–Crippen MR) is 77.8 cm³/mol. The van der Waals surface area contributed by atoms with Crippen LogP contribution < -0.4 is 5.32 Å². The lowest BCUT2D eigenvalue weighted by atomic mass is 10.1. The van der Waals surface area contributed by atoms with Crippen LogP contribution in [0.2, 0.25) is 0 Å². The Labute approximate surface area is 145 Å². The van der Waals surface area contributed by atoms with Crippen LogP contribution in [0.1, 0.15) is 26.2 Å². The van der Waals surface area contributed by atoms with Gasteiger partial charge >= 0.3 is 11.0 Å². The number of sulfone groups is 2. The second kappa shape index (κ2) is 7.02. The molecule has 0 bridgehead atoms. The van der Waals surface area contributed by atoms with Gasteiger partial charge in [0.25, 0.3) is 19.7 Å². The molecule has 0 saturated heterocycles. The second-order valence-electron chi connectivity index (χ2n) is 5.80. The van der Waals surface area contributed by atoms with Gasteiger partial charge in [0.1, 0.15) is 0 Å². The third-order valence-electron chi connectivity index (χ3n) is 3.88. The third kappa shape index (κ3) is 4.15. The minimum Gasteiger partial charge on any atom is -0.349 e. The molecule has 1 aliphatic carbocycles. The number of nitrogens with one attached hydrogen (secondary N) is 1. The quantitative estimate of drug-likeness (QED) is 0.531. The monoisotopic (exact) mass is 431 g/mol. The fourth-order valence-electron chi connectivity index (χ4n) is 2.68. The molecule has 2 unspecified atom stereocenters. The highest BCUT2D eigenvalue weighted by Crippen LogP contribution is 2.44. The molecule has 152 valence electrons. The molecule has 1 rings (SSSR count). The van der Waals surface area contributed by atoms with E-state index >= 15 is 0 Å². The summed E-state index contributed by atoms with van der Waals surface area (Å²) in [7, 11) is -13.5. The van der Waals surface area contributed by atoms with Crippen molar-refractivity contribution in [3.8, 4) is 0 Å². The highest BCUT2D eigenvalue weighted by molar-refractivity contribution is 8.09. The van der Waals surface area contributed by atoms with E-state index in [2.05, 4.69) is 11.9 Å². The van der Waals surface area contributed by atoms with Gasteiger partial charge in [-0.15, -0.1) is 0 Å². The zero-order valence-corrected chi connectivity index (χ0v) is 14.8. The van der Waals surface area contributed by atoms with Crippen molar-refractivity contribution in [3.63, 3.8) is 0 Å². The zero-order chi connectivity index (χ0) is 20.7. The van der Waals surface area contributed by atoms with Crippen LogP contribution in [-0.2, 0) is 24.5 Å². The average Bonchev–Trinajstić information content (AvgIpc) is 2.83. The number of hydrogen-bond donors (Lipinski definition) is 1. The van der Waals surface area contributed by atoms with Gasteiger partial charge in [0, 0.05) is 17.5 Å². The van der Waals surface area contributed by atoms with Gasteiger partial charge in [0.05, 0.1) is 0 Å². The Kier molecular flexibility index (Phi) is 6.13. The van der Waals surface area contributed by atoms with Crippen molar-refractivity contribution in [2.24, 2.45) is 5.92 Å². The Balaban J connectivity index is 3.52. The lowest BCUT2D eigenvalue weighted by Gasteiger charge is -2.29. The second-order valence-corrected chi connectivity index (χ2v) is 10.2. The SMILES string of the molecule is C=C(C)C(=O)NC1CCCC1C(S(=O)(=O)C(F)(F)F)S(=O)(=O)C(F)(F)F. The zero-order valence-electron chi connectivity index (χ0n) is 13.2. The Hall–Kier alpha value is -1.31. The number of halogens is 6. The van der Waals surface area contributed by atoms with Gasteiger partial charge in [0.2, 0.25) is 5.91 Å². The van der Waals surface area contributed by atoms with E-state index in [0.29, 0.717) is 0 Å². The molecule has 6 nitrogen and oxygen atoms in total.